The van der Waals surface area contributed by atoms with Crippen LogP contribution < -0.4 is 11.2 Å². The third-order valence-corrected chi connectivity index (χ3v) is 5.75. The molecule has 1 fully saturated rings. The summed E-state index contributed by atoms with van der Waals surface area (Å²) in [5.74, 6) is -2.88. The molecular formula is C24H35FN2O9. The van der Waals surface area contributed by atoms with Crippen LogP contribution in [0, 0.1) is 5.82 Å². The molecule has 36 heavy (non-hydrogen) atoms. The molecule has 11 nitrogen and oxygen atoms in total. The molecule has 0 aliphatic carbocycles. The number of ether oxygens (including phenoxy) is 4. The second-order valence-corrected chi connectivity index (χ2v) is 8.49. The number of hydrogen-bond donors (Lipinski definition) is 0. The fraction of sp³-hybridized carbons (Fsp3) is 0.708. The van der Waals surface area contributed by atoms with Crippen molar-refractivity contribution in [3.63, 3.8) is 0 Å². The Morgan fingerprint density at radius 3 is 2.36 bits per heavy atom. The minimum absolute atomic E-state index is 0.0464. The maximum absolute atomic E-state index is 14.4. The molecule has 0 amide bonds. The lowest BCUT2D eigenvalue weighted by Crippen LogP contribution is -2.43. The average molecular weight is 515 g/mol. The number of esters is 3. The van der Waals surface area contributed by atoms with E-state index in [4.69, 9.17) is 18.9 Å². The smallest absolute Gasteiger partial charge is 0.336 e. The van der Waals surface area contributed by atoms with Crippen LogP contribution in [-0.4, -0.2) is 45.9 Å². The van der Waals surface area contributed by atoms with Crippen LogP contribution in [0.15, 0.2) is 15.8 Å². The van der Waals surface area contributed by atoms with Crippen molar-refractivity contribution in [1.82, 2.24) is 9.13 Å². The molecule has 0 saturated carbocycles. The van der Waals surface area contributed by atoms with Crippen molar-refractivity contribution in [2.24, 2.45) is 0 Å². The normalized spacial score (nSPS) is 19.2. The molecule has 2 heterocycles. The first kappa shape index (κ1) is 29.2. The molecular weight excluding hydrogens is 479 g/mol. The Kier molecular flexibility index (Phi) is 11.8. The van der Waals surface area contributed by atoms with Gasteiger partial charge in [-0.3, -0.25) is 23.7 Å². The van der Waals surface area contributed by atoms with Crippen LogP contribution in [0.2, 0.25) is 0 Å². The lowest BCUT2D eigenvalue weighted by atomic mass is 10.1. The highest BCUT2D eigenvalue weighted by molar-refractivity contribution is 5.69. The van der Waals surface area contributed by atoms with Crippen LogP contribution in [0.1, 0.15) is 84.8 Å². The van der Waals surface area contributed by atoms with Crippen LogP contribution in [0.3, 0.4) is 0 Å². The number of unbranched alkanes of at least 4 members (excludes halogenated alkanes) is 4. The summed E-state index contributed by atoms with van der Waals surface area (Å²) in [4.78, 5) is 60.6. The molecule has 1 aliphatic rings. The van der Waals surface area contributed by atoms with Gasteiger partial charge in [-0.1, -0.05) is 46.5 Å². The Balaban J connectivity index is 2.15. The Labute approximate surface area is 208 Å². The Morgan fingerprint density at radius 2 is 1.69 bits per heavy atom. The first-order chi connectivity index (χ1) is 17.2. The van der Waals surface area contributed by atoms with Crippen LogP contribution in [-0.2, 0) is 40.1 Å². The van der Waals surface area contributed by atoms with Crippen molar-refractivity contribution in [3.8, 4) is 0 Å². The van der Waals surface area contributed by atoms with E-state index >= 15 is 0 Å². The molecule has 1 aromatic heterocycles. The highest BCUT2D eigenvalue weighted by atomic mass is 19.1. The van der Waals surface area contributed by atoms with E-state index in [1.165, 1.54) is 0 Å². The molecule has 1 aliphatic heterocycles. The second-order valence-electron chi connectivity index (χ2n) is 8.49. The monoisotopic (exact) mass is 514 g/mol. The number of rotatable bonds is 14. The summed E-state index contributed by atoms with van der Waals surface area (Å²) in [5, 5.41) is 0. The van der Waals surface area contributed by atoms with Crippen LogP contribution in [0.25, 0.3) is 0 Å². The lowest BCUT2D eigenvalue weighted by Gasteiger charge is -2.18. The summed E-state index contributed by atoms with van der Waals surface area (Å²) in [6.07, 6.45) is 2.69. The minimum atomic E-state index is -1.25. The van der Waals surface area contributed by atoms with Gasteiger partial charge in [0.2, 0.25) is 5.82 Å². The van der Waals surface area contributed by atoms with Gasteiger partial charge in [-0.05, 0) is 6.42 Å². The summed E-state index contributed by atoms with van der Waals surface area (Å²) in [7, 11) is 0. The molecule has 1 unspecified atom stereocenters. The lowest BCUT2D eigenvalue weighted by molar-refractivity contribution is -0.158. The van der Waals surface area contributed by atoms with E-state index < -0.39 is 60.1 Å². The van der Waals surface area contributed by atoms with E-state index in [0.717, 1.165) is 30.3 Å². The summed E-state index contributed by atoms with van der Waals surface area (Å²) >= 11 is 0. The number of nitrogens with zero attached hydrogens (tertiary/aromatic N) is 2. The van der Waals surface area contributed by atoms with Crippen molar-refractivity contribution in [1.29, 1.82) is 0 Å². The highest BCUT2D eigenvalue weighted by Gasteiger charge is 2.40. The van der Waals surface area contributed by atoms with Gasteiger partial charge in [0.1, 0.15) is 25.0 Å². The molecule has 3 atom stereocenters. The quantitative estimate of drug-likeness (QED) is 0.209. The summed E-state index contributed by atoms with van der Waals surface area (Å²) in [6.45, 7) is 4.30. The SMILES string of the molecule is CCCCCCCC(=O)OCn1c(=O)c(F)cn([C@@H]2CC(OC(=O)CC)[C@H](COC(=O)CC)O2)c1=O. The number of halogens is 1. The van der Waals surface area contributed by atoms with Gasteiger partial charge in [0.15, 0.2) is 6.73 Å². The number of aromatic nitrogens is 2. The van der Waals surface area contributed by atoms with Crippen LogP contribution in [0.5, 0.6) is 0 Å². The fourth-order valence-corrected chi connectivity index (χ4v) is 3.66. The van der Waals surface area contributed by atoms with Gasteiger partial charge in [0, 0.05) is 25.7 Å². The number of carbonyl (C=O) groups is 3. The largest absolute Gasteiger partial charge is 0.463 e. The van der Waals surface area contributed by atoms with Gasteiger partial charge in [0.25, 0.3) is 5.56 Å². The van der Waals surface area contributed by atoms with E-state index in [0.29, 0.717) is 17.2 Å². The van der Waals surface area contributed by atoms with Gasteiger partial charge in [0.05, 0.1) is 6.20 Å². The van der Waals surface area contributed by atoms with Crippen molar-refractivity contribution in [3.05, 3.63) is 32.9 Å². The summed E-state index contributed by atoms with van der Waals surface area (Å²) < 4.78 is 37.0. The molecule has 12 heteroatoms. The van der Waals surface area contributed by atoms with E-state index in [1.807, 2.05) is 0 Å². The zero-order chi connectivity index (χ0) is 26.7. The van der Waals surface area contributed by atoms with E-state index in [9.17, 15) is 28.4 Å². The second kappa shape index (κ2) is 14.5. The average Bonchev–Trinajstić information content (AvgIpc) is 3.26. The first-order valence-corrected chi connectivity index (χ1v) is 12.4. The van der Waals surface area contributed by atoms with Gasteiger partial charge < -0.3 is 18.9 Å². The number of carbonyl (C=O) groups excluding carboxylic acids is 3. The van der Waals surface area contributed by atoms with Crippen molar-refractivity contribution >= 4 is 17.9 Å². The molecule has 0 spiro atoms. The molecule has 2 rings (SSSR count). The highest BCUT2D eigenvalue weighted by Crippen LogP contribution is 2.30. The molecule has 202 valence electrons. The fourth-order valence-electron chi connectivity index (χ4n) is 3.66. The van der Waals surface area contributed by atoms with Crippen molar-refractivity contribution in [2.45, 2.75) is 104 Å². The van der Waals surface area contributed by atoms with E-state index in [1.54, 1.807) is 13.8 Å². The summed E-state index contributed by atoms with van der Waals surface area (Å²) in [5.41, 5.74) is -2.21. The predicted molar refractivity (Wildman–Crippen MR) is 124 cm³/mol. The van der Waals surface area contributed by atoms with E-state index in [2.05, 4.69) is 6.92 Å². The van der Waals surface area contributed by atoms with Gasteiger partial charge in [-0.25, -0.2) is 9.36 Å². The van der Waals surface area contributed by atoms with Crippen molar-refractivity contribution in [2.75, 3.05) is 6.61 Å². The molecule has 1 saturated heterocycles. The van der Waals surface area contributed by atoms with Crippen LogP contribution in [0.4, 0.5) is 4.39 Å². The van der Waals surface area contributed by atoms with Crippen LogP contribution >= 0.6 is 0 Å². The zero-order valence-corrected chi connectivity index (χ0v) is 21.0. The zero-order valence-electron chi connectivity index (χ0n) is 21.0. The maximum Gasteiger partial charge on any atom is 0.336 e. The third kappa shape index (κ3) is 8.28. The van der Waals surface area contributed by atoms with Crippen molar-refractivity contribution < 1.29 is 37.7 Å². The minimum Gasteiger partial charge on any atom is -0.463 e. The molecule has 0 bridgehead atoms. The first-order valence-electron chi connectivity index (χ1n) is 12.4. The number of hydrogen-bond acceptors (Lipinski definition) is 9. The van der Waals surface area contributed by atoms with Gasteiger partial charge in [-0.2, -0.15) is 4.39 Å². The van der Waals surface area contributed by atoms with Gasteiger partial charge in [-0.15, -0.1) is 0 Å². The Hall–Kier alpha value is -3.02. The predicted octanol–water partition coefficient (Wildman–Crippen LogP) is 2.57. The molecule has 0 aromatic carbocycles. The Morgan fingerprint density at radius 1 is 1.00 bits per heavy atom. The molecule has 0 radical (unpaired) electrons. The topological polar surface area (TPSA) is 132 Å². The van der Waals surface area contributed by atoms with Gasteiger partial charge >= 0.3 is 23.6 Å². The van der Waals surface area contributed by atoms with E-state index in [-0.39, 0.29) is 32.3 Å². The standard InChI is InChI=1S/C24H35FN2O9/c1-4-7-8-9-10-11-22(30)34-15-27-23(31)16(25)13-26(24(27)32)19-12-17(36-21(29)6-3)18(35-19)14-33-20(28)5-2/h13,17-19H,4-12,14-15H2,1-3H3/t17?,18-,19-/m0/s1. The Bertz CT molecular complexity index is 1020. The molecule has 1 aromatic rings. The molecule has 0 N–H and O–H groups in total. The third-order valence-electron chi connectivity index (χ3n) is 5.75. The maximum atomic E-state index is 14.4. The summed E-state index contributed by atoms with van der Waals surface area (Å²) in [6, 6.07) is 0.